The van der Waals surface area contributed by atoms with E-state index in [1.165, 1.54) is 0 Å². The van der Waals surface area contributed by atoms with E-state index in [0.717, 1.165) is 0 Å². The van der Waals surface area contributed by atoms with Crippen molar-refractivity contribution >= 4 is 53.7 Å². The van der Waals surface area contributed by atoms with Gasteiger partial charge in [-0.05, 0) is 0 Å². The van der Waals surface area contributed by atoms with Crippen LogP contribution in [-0.2, 0) is 102 Å². The minimum Gasteiger partial charge on any atom is -0.550 e. The molecule has 0 aromatic heterocycles. The fraction of sp³-hybridized carbons (Fsp3) is 0.500. The fourth-order valence-corrected chi connectivity index (χ4v) is 2.08. The zero-order chi connectivity index (χ0) is 31.9. The zero-order valence-electron chi connectivity index (χ0n) is 21.2. The molecule has 0 fully saturated rings. The summed E-state index contributed by atoms with van der Waals surface area (Å²) in [5, 5.41) is 112. The zero-order valence-corrected chi connectivity index (χ0v) is 30.1. The molecule has 0 heterocycles. The van der Waals surface area contributed by atoms with Crippen molar-refractivity contribution in [2.24, 2.45) is 0 Å². The molecule has 0 rings (SSSR count). The molecule has 222 valence electrons. The van der Waals surface area contributed by atoms with Gasteiger partial charge in [0, 0.05) is 49.6 Å². The molecule has 0 spiro atoms. The second-order valence-electron chi connectivity index (χ2n) is 7.31. The molecule has 0 bridgehead atoms. The molecule has 0 saturated heterocycles. The van der Waals surface area contributed by atoms with Gasteiger partial charge in [-0.3, -0.25) is 9.59 Å². The third-order valence-corrected chi connectivity index (χ3v) is 3.79. The van der Waals surface area contributed by atoms with E-state index in [1.54, 1.807) is 0 Å². The van der Waals surface area contributed by atoms with Crippen molar-refractivity contribution in [2.75, 3.05) is 0 Å². The number of hydrogen-bond donors (Lipinski definition) is 6. The molecule has 21 nitrogen and oxygen atoms in total. The first kappa shape index (κ1) is 51.7. The molecule has 0 aliphatic heterocycles. The summed E-state index contributed by atoms with van der Waals surface area (Å²) in [4.78, 5) is 90.5. The molecular formula is C18H18O21Zn3. The predicted molar refractivity (Wildman–Crippen MR) is 95.5 cm³/mol. The van der Waals surface area contributed by atoms with Crippen molar-refractivity contribution in [3.63, 3.8) is 0 Å². The van der Waals surface area contributed by atoms with Crippen molar-refractivity contribution in [2.45, 2.75) is 55.3 Å². The van der Waals surface area contributed by atoms with E-state index in [1.807, 2.05) is 0 Å². The first-order chi connectivity index (χ1) is 17.3. The van der Waals surface area contributed by atoms with Crippen LogP contribution in [0.1, 0.15) is 38.5 Å². The third-order valence-electron chi connectivity index (χ3n) is 3.79. The molecule has 0 unspecified atom stereocenters. The SMILES string of the molecule is O=C(O)CC(O)(CC(=O)O)C(=O)O.O=C([O-])CC(O)(CC(=O)[O-])C(=O)[O-].O=C([O-])CC(O)(CC(=O)[O-])C(=O)[O-].[Zn+2].[Zn+2].[Zn+2]. The molecule has 0 aliphatic carbocycles. The van der Waals surface area contributed by atoms with Gasteiger partial charge < -0.3 is 90.0 Å². The molecule has 0 atom stereocenters. The summed E-state index contributed by atoms with van der Waals surface area (Å²) >= 11 is 0. The summed E-state index contributed by atoms with van der Waals surface area (Å²) in [5.41, 5.74) is -8.69. The van der Waals surface area contributed by atoms with Gasteiger partial charge in [0.2, 0.25) is 0 Å². The van der Waals surface area contributed by atoms with Crippen LogP contribution in [0.25, 0.3) is 0 Å². The van der Waals surface area contributed by atoms with Crippen LogP contribution in [0.4, 0.5) is 0 Å². The molecule has 0 aromatic rings. The molecule has 0 aliphatic rings. The summed E-state index contributed by atoms with van der Waals surface area (Å²) in [6, 6.07) is 0. The van der Waals surface area contributed by atoms with Crippen LogP contribution in [0.5, 0.6) is 0 Å². The molecule has 0 aromatic carbocycles. The van der Waals surface area contributed by atoms with E-state index >= 15 is 0 Å². The Kier molecular flexibility index (Phi) is 27.8. The van der Waals surface area contributed by atoms with Gasteiger partial charge in [0.15, 0.2) is 5.60 Å². The summed E-state index contributed by atoms with van der Waals surface area (Å²) in [7, 11) is 0. The van der Waals surface area contributed by atoms with Crippen molar-refractivity contribution < 1.29 is 163 Å². The Balaban J connectivity index is -0.000000112. The number of carboxylic acid groups (broad SMARTS) is 9. The minimum atomic E-state index is -2.97. The number of rotatable bonds is 15. The van der Waals surface area contributed by atoms with Crippen LogP contribution in [0, 0.1) is 0 Å². The van der Waals surface area contributed by atoms with E-state index < -0.39 is 109 Å². The number of hydrogen-bond acceptors (Lipinski definition) is 18. The van der Waals surface area contributed by atoms with E-state index in [4.69, 9.17) is 30.6 Å². The normalized spacial score (nSPS) is 10.1. The average Bonchev–Trinajstić information content (AvgIpc) is 2.64. The van der Waals surface area contributed by atoms with Crippen molar-refractivity contribution in [3.8, 4) is 0 Å². The average molecular weight is 766 g/mol. The number of carbonyl (C=O) groups is 9. The first-order valence-corrected chi connectivity index (χ1v) is 9.40. The van der Waals surface area contributed by atoms with Crippen LogP contribution in [0.2, 0.25) is 0 Å². The standard InChI is InChI=1S/3C6H8O7.3Zn/c3*7-3(8)1-6(13,5(11)12)2-4(9)10;;;/h3*13H,1-2H2,(H,7,8)(H,9,10)(H,11,12);;;/q;;;3*+2/p-6. The van der Waals surface area contributed by atoms with Crippen molar-refractivity contribution in [3.05, 3.63) is 0 Å². The Hall–Kier alpha value is -3.02. The second-order valence-corrected chi connectivity index (χ2v) is 7.31. The van der Waals surface area contributed by atoms with E-state index in [2.05, 4.69) is 0 Å². The van der Waals surface area contributed by atoms with Crippen molar-refractivity contribution in [1.29, 1.82) is 0 Å². The van der Waals surface area contributed by atoms with Crippen molar-refractivity contribution in [1.82, 2.24) is 0 Å². The smallest absolute Gasteiger partial charge is 0.550 e. The summed E-state index contributed by atoms with van der Waals surface area (Å²) in [6.07, 6.45) is -7.72. The maximum absolute atomic E-state index is 10.3. The first-order valence-electron chi connectivity index (χ1n) is 9.40. The Morgan fingerprint density at radius 3 is 0.690 bits per heavy atom. The third kappa shape index (κ3) is 23.7. The largest absolute Gasteiger partial charge is 2.00 e. The number of aliphatic carboxylic acids is 9. The van der Waals surface area contributed by atoms with Gasteiger partial charge in [0.25, 0.3) is 0 Å². The fourth-order valence-electron chi connectivity index (χ4n) is 2.08. The number of carbonyl (C=O) groups excluding carboxylic acids is 6. The van der Waals surface area contributed by atoms with E-state index in [9.17, 15) is 73.8 Å². The predicted octanol–water partition coefficient (Wildman–Crippen LogP) is -11.8. The van der Waals surface area contributed by atoms with Gasteiger partial charge in [0.05, 0.1) is 24.8 Å². The Labute approximate surface area is 271 Å². The topological polar surface area (TPSA) is 413 Å². The maximum Gasteiger partial charge on any atom is 2.00 e. The van der Waals surface area contributed by atoms with Gasteiger partial charge in [-0.25, -0.2) is 4.79 Å². The van der Waals surface area contributed by atoms with Crippen LogP contribution in [-0.4, -0.2) is 101 Å². The van der Waals surface area contributed by atoms with E-state index in [0.29, 0.717) is 0 Å². The molecule has 0 radical (unpaired) electrons. The molecule has 0 saturated carbocycles. The van der Waals surface area contributed by atoms with Gasteiger partial charge >= 0.3 is 76.3 Å². The summed E-state index contributed by atoms with van der Waals surface area (Å²) < 4.78 is 0. The summed E-state index contributed by atoms with van der Waals surface area (Å²) in [5.74, 6) is -17.0. The van der Waals surface area contributed by atoms with Crippen LogP contribution >= 0.6 is 0 Å². The van der Waals surface area contributed by atoms with Gasteiger partial charge in [-0.1, -0.05) is 0 Å². The molecule has 0 amide bonds. The number of aliphatic hydroxyl groups is 3. The van der Waals surface area contributed by atoms with Crippen LogP contribution in [0.15, 0.2) is 0 Å². The molecule has 24 heteroatoms. The summed E-state index contributed by atoms with van der Waals surface area (Å²) in [6.45, 7) is 0. The van der Waals surface area contributed by atoms with Crippen LogP contribution < -0.4 is 30.6 Å². The monoisotopic (exact) mass is 762 g/mol. The van der Waals surface area contributed by atoms with E-state index in [-0.39, 0.29) is 58.4 Å². The Bertz CT molecular complexity index is 821. The Morgan fingerprint density at radius 1 is 0.405 bits per heavy atom. The molecule has 6 N–H and O–H groups in total. The second kappa shape index (κ2) is 22.6. The quantitative estimate of drug-likeness (QED) is 0.0842. The number of carboxylic acids is 9. The molecule has 42 heavy (non-hydrogen) atoms. The Morgan fingerprint density at radius 2 is 0.595 bits per heavy atom. The van der Waals surface area contributed by atoms with Crippen LogP contribution in [0.3, 0.4) is 0 Å². The molecular weight excluding hydrogens is 748 g/mol. The van der Waals surface area contributed by atoms with Gasteiger partial charge in [-0.15, -0.1) is 0 Å². The van der Waals surface area contributed by atoms with Gasteiger partial charge in [-0.2, -0.15) is 0 Å². The van der Waals surface area contributed by atoms with Gasteiger partial charge in [0.1, 0.15) is 11.2 Å². The minimum absolute atomic E-state index is 0. The maximum atomic E-state index is 10.3.